The summed E-state index contributed by atoms with van der Waals surface area (Å²) in [6, 6.07) is 7.59. The van der Waals surface area contributed by atoms with Crippen molar-refractivity contribution in [3.05, 3.63) is 45.9 Å². The molecule has 1 N–H and O–H groups in total. The van der Waals surface area contributed by atoms with Gasteiger partial charge < -0.3 is 14.8 Å². The van der Waals surface area contributed by atoms with Crippen LogP contribution in [0.2, 0.25) is 0 Å². The number of rotatable bonds is 5. The van der Waals surface area contributed by atoms with Crippen molar-refractivity contribution in [1.82, 2.24) is 10.3 Å². The molecule has 1 amide bonds. The van der Waals surface area contributed by atoms with Crippen LogP contribution in [0, 0.1) is 0 Å². The van der Waals surface area contributed by atoms with E-state index in [-0.39, 0.29) is 17.5 Å². The highest BCUT2D eigenvalue weighted by Crippen LogP contribution is 2.33. The zero-order valence-electron chi connectivity index (χ0n) is 13.3. The Morgan fingerprint density at radius 1 is 1.42 bits per heavy atom. The molecule has 0 spiro atoms. The standard InChI is InChI=1S/C17H18N2O4S/c1-2-22-17(21)13-10-24-15(19-13)9-18-16(20)12-7-8-23-14-6-4-3-5-11(12)14/h3-6,10,12H,2,7-9H2,1H3,(H,18,20)/t12-/m0/s1. The molecule has 2 heterocycles. The lowest BCUT2D eigenvalue weighted by Gasteiger charge is -2.24. The summed E-state index contributed by atoms with van der Waals surface area (Å²) >= 11 is 1.33. The zero-order valence-corrected chi connectivity index (χ0v) is 14.1. The number of para-hydroxylation sites is 1. The molecule has 1 aromatic heterocycles. The molecule has 0 aliphatic carbocycles. The van der Waals surface area contributed by atoms with Crippen LogP contribution in [0.15, 0.2) is 29.6 Å². The molecule has 126 valence electrons. The summed E-state index contributed by atoms with van der Waals surface area (Å²) in [6.07, 6.45) is 0.648. The van der Waals surface area contributed by atoms with Crippen LogP contribution in [0.1, 0.15) is 40.3 Å². The summed E-state index contributed by atoms with van der Waals surface area (Å²) in [5.41, 5.74) is 1.19. The van der Waals surface area contributed by atoms with Gasteiger partial charge in [-0.2, -0.15) is 0 Å². The molecular weight excluding hydrogens is 328 g/mol. The molecule has 0 saturated carbocycles. The Labute approximate surface area is 143 Å². The molecule has 0 radical (unpaired) electrons. The Hall–Kier alpha value is -2.41. The van der Waals surface area contributed by atoms with Crippen molar-refractivity contribution in [2.45, 2.75) is 25.8 Å². The number of nitrogens with zero attached hydrogens (tertiary/aromatic N) is 1. The van der Waals surface area contributed by atoms with Crippen molar-refractivity contribution in [3.8, 4) is 5.75 Å². The predicted molar refractivity (Wildman–Crippen MR) is 89.2 cm³/mol. The molecule has 0 fully saturated rings. The average molecular weight is 346 g/mol. The summed E-state index contributed by atoms with van der Waals surface area (Å²) in [5, 5.41) is 5.21. The molecule has 0 saturated heterocycles. The Morgan fingerprint density at radius 2 is 2.25 bits per heavy atom. The third-order valence-electron chi connectivity index (χ3n) is 3.73. The highest BCUT2D eigenvalue weighted by Gasteiger charge is 2.27. The number of ether oxygens (including phenoxy) is 2. The number of carbonyl (C=O) groups excluding carboxylic acids is 2. The average Bonchev–Trinajstić information content (AvgIpc) is 3.08. The van der Waals surface area contributed by atoms with Crippen LogP contribution >= 0.6 is 11.3 Å². The van der Waals surface area contributed by atoms with Crippen LogP contribution in [-0.2, 0) is 16.1 Å². The van der Waals surface area contributed by atoms with Crippen molar-refractivity contribution in [2.75, 3.05) is 13.2 Å². The minimum absolute atomic E-state index is 0.0568. The van der Waals surface area contributed by atoms with Gasteiger partial charge in [0.1, 0.15) is 10.8 Å². The van der Waals surface area contributed by atoms with Gasteiger partial charge >= 0.3 is 5.97 Å². The summed E-state index contributed by atoms with van der Waals surface area (Å²) in [7, 11) is 0. The normalized spacial score (nSPS) is 16.0. The van der Waals surface area contributed by atoms with Crippen molar-refractivity contribution >= 4 is 23.2 Å². The van der Waals surface area contributed by atoms with Crippen molar-refractivity contribution in [2.24, 2.45) is 0 Å². The monoisotopic (exact) mass is 346 g/mol. The van der Waals surface area contributed by atoms with Crippen LogP contribution < -0.4 is 10.1 Å². The SMILES string of the molecule is CCOC(=O)c1csc(CNC(=O)[C@H]2CCOc3ccccc32)n1. The number of esters is 1. The molecule has 1 aliphatic heterocycles. The maximum atomic E-state index is 12.5. The van der Waals surface area contributed by atoms with Crippen LogP contribution in [0.3, 0.4) is 0 Å². The first-order valence-electron chi connectivity index (χ1n) is 7.80. The van der Waals surface area contributed by atoms with Gasteiger partial charge in [-0.15, -0.1) is 11.3 Å². The minimum Gasteiger partial charge on any atom is -0.493 e. The number of benzene rings is 1. The van der Waals surface area contributed by atoms with E-state index in [1.807, 2.05) is 24.3 Å². The van der Waals surface area contributed by atoms with E-state index in [0.717, 1.165) is 11.3 Å². The molecule has 0 unspecified atom stereocenters. The maximum Gasteiger partial charge on any atom is 0.357 e. The van der Waals surface area contributed by atoms with E-state index < -0.39 is 5.97 Å². The molecule has 24 heavy (non-hydrogen) atoms. The second-order valence-electron chi connectivity index (χ2n) is 5.29. The van der Waals surface area contributed by atoms with Gasteiger partial charge in [-0.05, 0) is 19.4 Å². The molecule has 1 atom stereocenters. The Balaban J connectivity index is 1.62. The number of amides is 1. The summed E-state index contributed by atoms with van der Waals surface area (Å²) in [6.45, 7) is 2.88. The lowest BCUT2D eigenvalue weighted by atomic mass is 9.92. The summed E-state index contributed by atoms with van der Waals surface area (Å²) < 4.78 is 10.5. The van der Waals surface area contributed by atoms with Crippen LogP contribution in [0.4, 0.5) is 0 Å². The van der Waals surface area contributed by atoms with Gasteiger partial charge in [0.05, 0.1) is 25.7 Å². The number of hydrogen-bond acceptors (Lipinski definition) is 6. The Kier molecular flexibility index (Phi) is 5.10. The molecular formula is C17H18N2O4S. The number of fused-ring (bicyclic) bond motifs is 1. The molecule has 6 nitrogen and oxygen atoms in total. The fourth-order valence-electron chi connectivity index (χ4n) is 2.59. The van der Waals surface area contributed by atoms with E-state index in [9.17, 15) is 9.59 Å². The van der Waals surface area contributed by atoms with Crippen molar-refractivity contribution in [3.63, 3.8) is 0 Å². The number of aromatic nitrogens is 1. The first kappa shape index (κ1) is 16.4. The second-order valence-corrected chi connectivity index (χ2v) is 6.23. The van der Waals surface area contributed by atoms with E-state index in [2.05, 4.69) is 10.3 Å². The topological polar surface area (TPSA) is 77.5 Å². The number of hydrogen-bond donors (Lipinski definition) is 1. The largest absolute Gasteiger partial charge is 0.493 e. The number of carbonyl (C=O) groups is 2. The van der Waals surface area contributed by atoms with Gasteiger partial charge in [-0.25, -0.2) is 9.78 Å². The predicted octanol–water partition coefficient (Wildman–Crippen LogP) is 2.50. The summed E-state index contributed by atoms with van der Waals surface area (Å²) in [4.78, 5) is 28.3. The van der Waals surface area contributed by atoms with Gasteiger partial charge in [-0.3, -0.25) is 4.79 Å². The molecule has 2 aromatic rings. The highest BCUT2D eigenvalue weighted by atomic mass is 32.1. The summed E-state index contributed by atoms with van der Waals surface area (Å²) in [5.74, 6) is 0.0468. The van der Waals surface area contributed by atoms with E-state index in [4.69, 9.17) is 9.47 Å². The first-order valence-corrected chi connectivity index (χ1v) is 8.68. The van der Waals surface area contributed by atoms with Gasteiger partial charge in [0.25, 0.3) is 0 Å². The van der Waals surface area contributed by atoms with E-state index >= 15 is 0 Å². The second kappa shape index (κ2) is 7.44. The molecule has 1 aromatic carbocycles. The molecule has 0 bridgehead atoms. The van der Waals surface area contributed by atoms with Crippen molar-refractivity contribution < 1.29 is 19.1 Å². The molecule has 1 aliphatic rings. The van der Waals surface area contributed by atoms with E-state index in [1.165, 1.54) is 11.3 Å². The third-order valence-corrected chi connectivity index (χ3v) is 4.57. The lowest BCUT2D eigenvalue weighted by molar-refractivity contribution is -0.123. The quantitative estimate of drug-likeness (QED) is 0.842. The highest BCUT2D eigenvalue weighted by molar-refractivity contribution is 7.09. The van der Waals surface area contributed by atoms with Crippen molar-refractivity contribution in [1.29, 1.82) is 0 Å². The fraction of sp³-hybridized carbons (Fsp3) is 0.353. The zero-order chi connectivity index (χ0) is 16.9. The Morgan fingerprint density at radius 3 is 3.08 bits per heavy atom. The van der Waals surface area contributed by atoms with Crippen LogP contribution in [0.5, 0.6) is 5.75 Å². The van der Waals surface area contributed by atoms with E-state index in [1.54, 1.807) is 12.3 Å². The number of thiazole rings is 1. The van der Waals surface area contributed by atoms with Gasteiger partial charge in [0.15, 0.2) is 5.69 Å². The first-order chi connectivity index (χ1) is 11.7. The Bertz CT molecular complexity index is 744. The molecule has 7 heteroatoms. The van der Waals surface area contributed by atoms with Crippen LogP contribution in [-0.4, -0.2) is 30.1 Å². The van der Waals surface area contributed by atoms with Crippen LogP contribution in [0.25, 0.3) is 0 Å². The van der Waals surface area contributed by atoms with E-state index in [0.29, 0.717) is 31.2 Å². The minimum atomic E-state index is -0.440. The smallest absolute Gasteiger partial charge is 0.357 e. The third kappa shape index (κ3) is 3.56. The maximum absolute atomic E-state index is 12.5. The van der Waals surface area contributed by atoms with Gasteiger partial charge in [0.2, 0.25) is 5.91 Å². The van der Waals surface area contributed by atoms with Gasteiger partial charge in [0, 0.05) is 10.9 Å². The van der Waals surface area contributed by atoms with Gasteiger partial charge in [-0.1, -0.05) is 18.2 Å². The molecule has 3 rings (SSSR count). The lowest BCUT2D eigenvalue weighted by Crippen LogP contribution is -2.32. The fourth-order valence-corrected chi connectivity index (χ4v) is 3.29. The number of nitrogens with one attached hydrogen (secondary N) is 1.